The predicted molar refractivity (Wildman–Crippen MR) is 61.5 cm³/mol. The Morgan fingerprint density at radius 3 is 2.68 bits per heavy atom. The van der Waals surface area contributed by atoms with Crippen molar-refractivity contribution in [3.05, 3.63) is 12.2 Å². The van der Waals surface area contributed by atoms with Gasteiger partial charge in [-0.3, -0.25) is 4.90 Å². The van der Waals surface area contributed by atoms with Gasteiger partial charge in [0.15, 0.2) is 5.82 Å². The SMILES string of the molecule is FC(F)(F)CN1CCC(NCCc2ncon2)CC1. The second-order valence-corrected chi connectivity index (χ2v) is 4.72. The summed E-state index contributed by atoms with van der Waals surface area (Å²) < 4.78 is 41.3. The van der Waals surface area contributed by atoms with Crippen molar-refractivity contribution in [3.8, 4) is 0 Å². The molecule has 2 heterocycles. The van der Waals surface area contributed by atoms with E-state index in [4.69, 9.17) is 0 Å². The van der Waals surface area contributed by atoms with Crippen molar-refractivity contribution < 1.29 is 17.7 Å². The van der Waals surface area contributed by atoms with Crippen LogP contribution in [0.3, 0.4) is 0 Å². The minimum atomic E-state index is -4.10. The first-order chi connectivity index (χ1) is 9.03. The number of aromatic nitrogens is 2. The summed E-state index contributed by atoms with van der Waals surface area (Å²) in [6.45, 7) is 0.880. The molecule has 2 rings (SSSR count). The van der Waals surface area contributed by atoms with Crippen LogP contribution in [0.5, 0.6) is 0 Å². The highest BCUT2D eigenvalue weighted by atomic mass is 19.4. The van der Waals surface area contributed by atoms with Crippen molar-refractivity contribution in [1.29, 1.82) is 0 Å². The topological polar surface area (TPSA) is 54.2 Å². The highest BCUT2D eigenvalue weighted by molar-refractivity contribution is 4.82. The number of piperidine rings is 1. The number of alkyl halides is 3. The summed E-state index contributed by atoms with van der Waals surface area (Å²) in [6.07, 6.45) is -0.673. The quantitative estimate of drug-likeness (QED) is 0.878. The van der Waals surface area contributed by atoms with Crippen LogP contribution in [0.25, 0.3) is 0 Å². The van der Waals surface area contributed by atoms with Gasteiger partial charge in [0.25, 0.3) is 0 Å². The van der Waals surface area contributed by atoms with Crippen molar-refractivity contribution in [2.75, 3.05) is 26.2 Å². The van der Waals surface area contributed by atoms with E-state index in [2.05, 4.69) is 20.0 Å². The first kappa shape index (κ1) is 14.3. The maximum Gasteiger partial charge on any atom is 0.401 e. The number of rotatable bonds is 5. The zero-order valence-electron chi connectivity index (χ0n) is 10.5. The first-order valence-electron chi connectivity index (χ1n) is 6.31. The molecule has 8 heteroatoms. The summed E-state index contributed by atoms with van der Waals surface area (Å²) in [6, 6.07) is 0.274. The molecule has 0 aliphatic carbocycles. The third-order valence-electron chi connectivity index (χ3n) is 3.18. The Bertz CT molecular complexity index is 361. The lowest BCUT2D eigenvalue weighted by Gasteiger charge is -2.32. The van der Waals surface area contributed by atoms with E-state index in [-0.39, 0.29) is 6.04 Å². The Labute approximate surface area is 109 Å². The zero-order chi connectivity index (χ0) is 13.7. The lowest BCUT2D eigenvalue weighted by atomic mass is 10.0. The second kappa shape index (κ2) is 6.33. The molecule has 0 spiro atoms. The third-order valence-corrected chi connectivity index (χ3v) is 3.18. The zero-order valence-corrected chi connectivity index (χ0v) is 10.5. The maximum absolute atomic E-state index is 12.2. The normalized spacial score (nSPS) is 18.9. The van der Waals surface area contributed by atoms with Gasteiger partial charge in [0.2, 0.25) is 6.39 Å². The molecule has 1 N–H and O–H groups in total. The average molecular weight is 278 g/mol. The molecule has 1 aromatic heterocycles. The minimum Gasteiger partial charge on any atom is -0.343 e. The fraction of sp³-hybridized carbons (Fsp3) is 0.818. The van der Waals surface area contributed by atoms with E-state index in [0.717, 1.165) is 12.8 Å². The summed E-state index contributed by atoms with van der Waals surface area (Å²) in [7, 11) is 0. The van der Waals surface area contributed by atoms with E-state index < -0.39 is 12.7 Å². The van der Waals surface area contributed by atoms with Crippen LogP contribution in [-0.2, 0) is 6.42 Å². The van der Waals surface area contributed by atoms with Gasteiger partial charge in [0.05, 0.1) is 6.54 Å². The maximum atomic E-state index is 12.2. The molecule has 108 valence electrons. The summed E-state index contributed by atoms with van der Waals surface area (Å²) in [5, 5.41) is 7.01. The molecule has 0 bridgehead atoms. The van der Waals surface area contributed by atoms with Crippen molar-refractivity contribution >= 4 is 0 Å². The van der Waals surface area contributed by atoms with Crippen molar-refractivity contribution in [2.24, 2.45) is 0 Å². The van der Waals surface area contributed by atoms with Crippen LogP contribution in [0.4, 0.5) is 13.2 Å². The molecule has 19 heavy (non-hydrogen) atoms. The number of nitrogens with zero attached hydrogens (tertiary/aromatic N) is 3. The molecular weight excluding hydrogens is 261 g/mol. The molecule has 0 amide bonds. The minimum absolute atomic E-state index is 0.274. The summed E-state index contributed by atoms with van der Waals surface area (Å²) >= 11 is 0. The van der Waals surface area contributed by atoms with Crippen LogP contribution < -0.4 is 5.32 Å². The highest BCUT2D eigenvalue weighted by Gasteiger charge is 2.32. The van der Waals surface area contributed by atoms with Crippen molar-refractivity contribution in [3.63, 3.8) is 0 Å². The number of halogens is 3. The van der Waals surface area contributed by atoms with Crippen LogP contribution in [0.2, 0.25) is 0 Å². The Morgan fingerprint density at radius 2 is 2.11 bits per heavy atom. The second-order valence-electron chi connectivity index (χ2n) is 4.72. The molecule has 1 aliphatic heterocycles. The molecule has 0 radical (unpaired) electrons. The summed E-state index contributed by atoms with van der Waals surface area (Å²) in [4.78, 5) is 5.36. The van der Waals surface area contributed by atoms with E-state index in [1.807, 2.05) is 0 Å². The lowest BCUT2D eigenvalue weighted by Crippen LogP contribution is -2.45. The number of nitrogens with one attached hydrogen (secondary N) is 1. The Balaban J connectivity index is 1.61. The summed E-state index contributed by atoms with van der Waals surface area (Å²) in [5.41, 5.74) is 0. The molecule has 1 saturated heterocycles. The molecule has 0 saturated carbocycles. The number of likely N-dealkylation sites (tertiary alicyclic amines) is 1. The van der Waals surface area contributed by atoms with Crippen LogP contribution in [-0.4, -0.2) is 53.4 Å². The van der Waals surface area contributed by atoms with Gasteiger partial charge in [-0.15, -0.1) is 0 Å². The average Bonchev–Trinajstić information content (AvgIpc) is 2.82. The highest BCUT2D eigenvalue weighted by Crippen LogP contribution is 2.19. The van der Waals surface area contributed by atoms with Gasteiger partial charge < -0.3 is 9.84 Å². The van der Waals surface area contributed by atoms with E-state index in [1.54, 1.807) is 0 Å². The number of hydrogen-bond acceptors (Lipinski definition) is 5. The molecule has 0 atom stereocenters. The van der Waals surface area contributed by atoms with Gasteiger partial charge in [-0.2, -0.15) is 18.2 Å². The van der Waals surface area contributed by atoms with Crippen molar-refractivity contribution in [1.82, 2.24) is 20.4 Å². The van der Waals surface area contributed by atoms with Gasteiger partial charge in [0.1, 0.15) is 0 Å². The molecule has 1 aromatic rings. The largest absolute Gasteiger partial charge is 0.401 e. The lowest BCUT2D eigenvalue weighted by molar-refractivity contribution is -0.148. The Kier molecular flexibility index (Phi) is 4.76. The van der Waals surface area contributed by atoms with Gasteiger partial charge in [0, 0.05) is 19.0 Å². The third kappa shape index (κ3) is 5.15. The Morgan fingerprint density at radius 1 is 1.37 bits per heavy atom. The molecular formula is C11H17F3N4O. The van der Waals surface area contributed by atoms with E-state index in [9.17, 15) is 13.2 Å². The molecule has 5 nitrogen and oxygen atoms in total. The summed E-state index contributed by atoms with van der Waals surface area (Å²) in [5.74, 6) is 0.641. The molecule has 1 aliphatic rings. The molecule has 0 aromatic carbocycles. The van der Waals surface area contributed by atoms with E-state index in [1.165, 1.54) is 11.3 Å². The van der Waals surface area contributed by atoms with Crippen LogP contribution in [0, 0.1) is 0 Å². The van der Waals surface area contributed by atoms with Crippen molar-refractivity contribution in [2.45, 2.75) is 31.5 Å². The van der Waals surface area contributed by atoms with Gasteiger partial charge in [-0.1, -0.05) is 5.16 Å². The van der Waals surface area contributed by atoms with Crippen LogP contribution in [0.1, 0.15) is 18.7 Å². The van der Waals surface area contributed by atoms with E-state index >= 15 is 0 Å². The van der Waals surface area contributed by atoms with Gasteiger partial charge >= 0.3 is 6.18 Å². The van der Waals surface area contributed by atoms with Gasteiger partial charge in [-0.25, -0.2) is 0 Å². The fourth-order valence-electron chi connectivity index (χ4n) is 2.24. The predicted octanol–water partition coefficient (Wildman–Crippen LogP) is 1.23. The molecule has 1 fully saturated rings. The van der Waals surface area contributed by atoms with Crippen LogP contribution in [0.15, 0.2) is 10.9 Å². The van der Waals surface area contributed by atoms with E-state index in [0.29, 0.717) is 31.9 Å². The fourth-order valence-corrected chi connectivity index (χ4v) is 2.24. The van der Waals surface area contributed by atoms with Crippen LogP contribution >= 0.6 is 0 Å². The first-order valence-corrected chi connectivity index (χ1v) is 6.31. The monoisotopic (exact) mass is 278 g/mol. The van der Waals surface area contributed by atoms with Gasteiger partial charge in [-0.05, 0) is 25.9 Å². The molecule has 0 unspecified atom stereocenters. The Hall–Kier alpha value is -1.15. The number of hydrogen-bond donors (Lipinski definition) is 1. The standard InChI is InChI=1S/C11H17F3N4O/c12-11(13,14)7-18-5-2-9(3-6-18)15-4-1-10-16-8-19-17-10/h8-9,15H,1-7H2. The smallest absolute Gasteiger partial charge is 0.343 e.